The number of carbonyl (C=O) groups excluding carboxylic acids is 1. The number of aryl methyl sites for hydroxylation is 1. The van der Waals surface area contributed by atoms with Crippen molar-refractivity contribution in [3.63, 3.8) is 0 Å². The first-order valence-corrected chi connectivity index (χ1v) is 9.39. The van der Waals surface area contributed by atoms with Gasteiger partial charge in [0, 0.05) is 29.7 Å². The fourth-order valence-corrected chi connectivity index (χ4v) is 3.27. The van der Waals surface area contributed by atoms with Gasteiger partial charge in [0.2, 0.25) is 5.76 Å². The molecule has 0 aliphatic heterocycles. The Morgan fingerprint density at radius 2 is 1.79 bits per heavy atom. The standard InChI is InChI=1S/C21H16N4O2S/c1-14-5-7-15(8-6-14)17-13-18(27-25-17)21(26)24-16-9-11-23-20(12-16)28-19-4-2-3-10-22-19/h2-13H,1H3,(H,23,24,26). The number of nitrogens with zero attached hydrogens (tertiary/aromatic N) is 3. The van der Waals surface area contributed by atoms with Crippen molar-refractivity contribution >= 4 is 23.4 Å². The second-order valence-corrected chi connectivity index (χ2v) is 7.09. The number of anilines is 1. The van der Waals surface area contributed by atoms with Crippen LogP contribution in [0.5, 0.6) is 0 Å². The fraction of sp³-hybridized carbons (Fsp3) is 0.0476. The summed E-state index contributed by atoms with van der Waals surface area (Å²) in [5, 5.41) is 8.36. The van der Waals surface area contributed by atoms with Gasteiger partial charge in [-0.15, -0.1) is 0 Å². The van der Waals surface area contributed by atoms with Crippen molar-refractivity contribution in [1.29, 1.82) is 0 Å². The van der Waals surface area contributed by atoms with Crippen LogP contribution in [0.25, 0.3) is 11.3 Å². The minimum Gasteiger partial charge on any atom is -0.350 e. The number of benzene rings is 1. The molecule has 0 fully saturated rings. The number of carbonyl (C=O) groups is 1. The minimum atomic E-state index is -0.370. The van der Waals surface area contributed by atoms with E-state index in [-0.39, 0.29) is 11.7 Å². The molecule has 0 atom stereocenters. The Balaban J connectivity index is 1.47. The zero-order chi connectivity index (χ0) is 19.3. The lowest BCUT2D eigenvalue weighted by Gasteiger charge is -2.04. The molecule has 0 unspecified atom stereocenters. The van der Waals surface area contributed by atoms with Crippen molar-refractivity contribution in [1.82, 2.24) is 15.1 Å². The maximum Gasteiger partial charge on any atom is 0.294 e. The summed E-state index contributed by atoms with van der Waals surface area (Å²) in [6.07, 6.45) is 3.36. The molecule has 4 rings (SSSR count). The molecule has 0 saturated carbocycles. The molecule has 0 spiro atoms. The summed E-state index contributed by atoms with van der Waals surface area (Å²) in [5.41, 5.74) is 3.28. The maximum absolute atomic E-state index is 12.5. The van der Waals surface area contributed by atoms with Crippen LogP contribution in [-0.2, 0) is 0 Å². The molecule has 0 bridgehead atoms. The van der Waals surface area contributed by atoms with E-state index in [2.05, 4.69) is 20.4 Å². The highest BCUT2D eigenvalue weighted by atomic mass is 32.2. The SMILES string of the molecule is Cc1ccc(-c2cc(C(=O)Nc3ccnc(Sc4ccccn4)c3)on2)cc1. The molecule has 3 aromatic heterocycles. The molecule has 1 N–H and O–H groups in total. The van der Waals surface area contributed by atoms with Gasteiger partial charge in [0.15, 0.2) is 0 Å². The van der Waals surface area contributed by atoms with E-state index in [9.17, 15) is 4.79 Å². The summed E-state index contributed by atoms with van der Waals surface area (Å²) in [5.74, 6) is -0.225. The van der Waals surface area contributed by atoms with Crippen molar-refractivity contribution in [2.45, 2.75) is 17.0 Å². The quantitative estimate of drug-likeness (QED) is 0.527. The predicted molar refractivity (Wildman–Crippen MR) is 107 cm³/mol. The first kappa shape index (κ1) is 17.9. The van der Waals surface area contributed by atoms with Crippen LogP contribution in [0.3, 0.4) is 0 Å². The lowest BCUT2D eigenvalue weighted by molar-refractivity contribution is 0.0988. The van der Waals surface area contributed by atoms with Gasteiger partial charge in [-0.1, -0.05) is 52.8 Å². The topological polar surface area (TPSA) is 80.9 Å². The summed E-state index contributed by atoms with van der Waals surface area (Å²) < 4.78 is 5.22. The van der Waals surface area contributed by atoms with Gasteiger partial charge in [-0.05, 0) is 31.2 Å². The third-order valence-corrected chi connectivity index (χ3v) is 4.80. The Morgan fingerprint density at radius 1 is 0.964 bits per heavy atom. The summed E-state index contributed by atoms with van der Waals surface area (Å²) in [6.45, 7) is 2.01. The largest absolute Gasteiger partial charge is 0.350 e. The highest BCUT2D eigenvalue weighted by Crippen LogP contribution is 2.26. The van der Waals surface area contributed by atoms with Crippen molar-refractivity contribution in [3.8, 4) is 11.3 Å². The van der Waals surface area contributed by atoms with E-state index in [1.807, 2.05) is 49.4 Å². The Morgan fingerprint density at radius 3 is 2.57 bits per heavy atom. The predicted octanol–water partition coefficient (Wildman–Crippen LogP) is 4.84. The average Bonchev–Trinajstić information content (AvgIpc) is 3.20. The molecule has 138 valence electrons. The van der Waals surface area contributed by atoms with Crippen LogP contribution in [-0.4, -0.2) is 21.0 Å². The van der Waals surface area contributed by atoms with E-state index >= 15 is 0 Å². The molecule has 28 heavy (non-hydrogen) atoms. The van der Waals surface area contributed by atoms with Crippen LogP contribution in [0.1, 0.15) is 16.1 Å². The second-order valence-electron chi connectivity index (χ2n) is 6.05. The van der Waals surface area contributed by atoms with E-state index < -0.39 is 0 Å². The van der Waals surface area contributed by atoms with Gasteiger partial charge in [-0.3, -0.25) is 4.79 Å². The molecule has 0 aliphatic rings. The zero-order valence-electron chi connectivity index (χ0n) is 15.0. The van der Waals surface area contributed by atoms with Gasteiger partial charge in [-0.2, -0.15) is 0 Å². The smallest absolute Gasteiger partial charge is 0.294 e. The highest BCUT2D eigenvalue weighted by molar-refractivity contribution is 7.99. The molecule has 1 amide bonds. The van der Waals surface area contributed by atoms with Gasteiger partial charge in [-0.25, -0.2) is 9.97 Å². The van der Waals surface area contributed by atoms with Gasteiger partial charge in [0.25, 0.3) is 5.91 Å². The minimum absolute atomic E-state index is 0.145. The first-order chi connectivity index (χ1) is 13.7. The van der Waals surface area contributed by atoms with E-state index in [1.165, 1.54) is 11.8 Å². The summed E-state index contributed by atoms with van der Waals surface area (Å²) in [6, 6.07) is 18.7. The normalized spacial score (nSPS) is 10.6. The molecule has 6 nitrogen and oxygen atoms in total. The average molecular weight is 388 g/mol. The van der Waals surface area contributed by atoms with E-state index in [1.54, 1.807) is 30.6 Å². The third kappa shape index (κ3) is 4.27. The molecule has 0 saturated heterocycles. The molecule has 7 heteroatoms. The van der Waals surface area contributed by atoms with Crippen LogP contribution >= 0.6 is 11.8 Å². The number of pyridine rings is 2. The number of aromatic nitrogens is 3. The van der Waals surface area contributed by atoms with Crippen LogP contribution in [0.15, 0.2) is 87.6 Å². The van der Waals surface area contributed by atoms with Gasteiger partial charge >= 0.3 is 0 Å². The van der Waals surface area contributed by atoms with Crippen LogP contribution < -0.4 is 5.32 Å². The number of hydrogen-bond donors (Lipinski definition) is 1. The Hall–Kier alpha value is -3.45. The lowest BCUT2D eigenvalue weighted by atomic mass is 10.1. The Kier molecular flexibility index (Phi) is 5.16. The van der Waals surface area contributed by atoms with E-state index in [4.69, 9.17) is 4.52 Å². The Bertz CT molecular complexity index is 1090. The zero-order valence-corrected chi connectivity index (χ0v) is 15.8. The van der Waals surface area contributed by atoms with Crippen molar-refractivity contribution in [2.24, 2.45) is 0 Å². The molecular formula is C21H16N4O2S. The van der Waals surface area contributed by atoms with Gasteiger partial charge in [0.05, 0.1) is 0 Å². The highest BCUT2D eigenvalue weighted by Gasteiger charge is 2.15. The monoisotopic (exact) mass is 388 g/mol. The van der Waals surface area contributed by atoms with Crippen molar-refractivity contribution in [3.05, 3.63) is 84.4 Å². The molecule has 4 aromatic rings. The number of rotatable bonds is 5. The molecule has 1 aromatic carbocycles. The summed E-state index contributed by atoms with van der Waals surface area (Å²) in [4.78, 5) is 21.1. The number of amides is 1. The summed E-state index contributed by atoms with van der Waals surface area (Å²) >= 11 is 1.42. The van der Waals surface area contributed by atoms with Gasteiger partial charge < -0.3 is 9.84 Å². The van der Waals surface area contributed by atoms with Crippen LogP contribution in [0, 0.1) is 6.92 Å². The number of nitrogens with one attached hydrogen (secondary N) is 1. The third-order valence-electron chi connectivity index (χ3n) is 3.92. The van der Waals surface area contributed by atoms with E-state index in [0.717, 1.165) is 21.2 Å². The van der Waals surface area contributed by atoms with Gasteiger partial charge in [0.1, 0.15) is 15.7 Å². The lowest BCUT2D eigenvalue weighted by Crippen LogP contribution is -2.11. The second kappa shape index (κ2) is 8.06. The molecular weight excluding hydrogens is 372 g/mol. The van der Waals surface area contributed by atoms with Crippen LogP contribution in [0.2, 0.25) is 0 Å². The van der Waals surface area contributed by atoms with Crippen LogP contribution in [0.4, 0.5) is 5.69 Å². The first-order valence-electron chi connectivity index (χ1n) is 8.57. The molecule has 0 aliphatic carbocycles. The maximum atomic E-state index is 12.5. The fourth-order valence-electron chi connectivity index (χ4n) is 2.49. The number of hydrogen-bond acceptors (Lipinski definition) is 6. The molecule has 3 heterocycles. The van der Waals surface area contributed by atoms with Crippen molar-refractivity contribution in [2.75, 3.05) is 5.32 Å². The van der Waals surface area contributed by atoms with Crippen molar-refractivity contribution < 1.29 is 9.32 Å². The van der Waals surface area contributed by atoms with E-state index in [0.29, 0.717) is 11.4 Å². The Labute approximate surface area is 166 Å². The summed E-state index contributed by atoms with van der Waals surface area (Å²) in [7, 11) is 0. The molecule has 0 radical (unpaired) electrons.